The molecule has 9 heteroatoms. The smallest absolute Gasteiger partial charge is 0.260 e. The summed E-state index contributed by atoms with van der Waals surface area (Å²) < 4.78 is 27.2. The summed E-state index contributed by atoms with van der Waals surface area (Å²) in [6.45, 7) is 4.16. The maximum Gasteiger partial charge on any atom is 0.260 e. The minimum absolute atomic E-state index is 0.0341. The molecule has 1 unspecified atom stereocenters. The highest BCUT2D eigenvalue weighted by molar-refractivity contribution is 7.89. The summed E-state index contributed by atoms with van der Waals surface area (Å²) in [4.78, 5) is 7.87. The van der Waals surface area contributed by atoms with Gasteiger partial charge >= 0.3 is 0 Å². The van der Waals surface area contributed by atoms with Crippen LogP contribution in [-0.2, 0) is 10.0 Å². The Labute approximate surface area is 117 Å². The van der Waals surface area contributed by atoms with Gasteiger partial charge in [0, 0.05) is 12.7 Å². The number of nitrogens with one attached hydrogen (secondary N) is 3. The predicted molar refractivity (Wildman–Crippen MR) is 73.5 cm³/mol. The van der Waals surface area contributed by atoms with E-state index in [1.54, 1.807) is 19.1 Å². The van der Waals surface area contributed by atoms with Gasteiger partial charge < -0.3 is 5.32 Å². The van der Waals surface area contributed by atoms with Gasteiger partial charge in [-0.2, -0.15) is 9.82 Å². The van der Waals surface area contributed by atoms with Crippen LogP contribution in [0.1, 0.15) is 25.7 Å². The topological polar surface area (TPSA) is 113 Å². The average Bonchev–Trinajstić information content (AvgIpc) is 2.93. The molecular weight excluding hydrogens is 280 g/mol. The lowest BCUT2D eigenvalue weighted by molar-refractivity contribution is 0.557. The summed E-state index contributed by atoms with van der Waals surface area (Å²) in [6, 6.07) is 2.82. The summed E-state index contributed by atoms with van der Waals surface area (Å²) in [5, 5.41) is 9.26. The Kier molecular flexibility index (Phi) is 4.30. The Balaban J connectivity index is 2.27. The first kappa shape index (κ1) is 14.4. The summed E-state index contributed by atoms with van der Waals surface area (Å²) in [7, 11) is -3.75. The number of sulfonamides is 1. The molecule has 0 aliphatic carbocycles. The second-order valence-corrected chi connectivity index (χ2v) is 5.73. The molecule has 8 nitrogen and oxygen atoms in total. The highest BCUT2D eigenvalue weighted by Crippen LogP contribution is 2.19. The highest BCUT2D eigenvalue weighted by atomic mass is 32.2. The molecule has 0 aromatic carbocycles. The summed E-state index contributed by atoms with van der Waals surface area (Å²) in [5.41, 5.74) is 0.465. The van der Waals surface area contributed by atoms with Crippen molar-refractivity contribution < 1.29 is 8.42 Å². The van der Waals surface area contributed by atoms with Crippen molar-refractivity contribution >= 4 is 15.7 Å². The van der Waals surface area contributed by atoms with Crippen molar-refractivity contribution in [2.75, 3.05) is 11.9 Å². The maximum atomic E-state index is 12.4. The van der Waals surface area contributed by atoms with Gasteiger partial charge in [-0.15, -0.1) is 0 Å². The molecule has 0 amide bonds. The molecule has 0 saturated carbocycles. The zero-order valence-corrected chi connectivity index (χ0v) is 12.0. The molecule has 2 aromatic heterocycles. The first-order chi connectivity index (χ1) is 9.54. The van der Waals surface area contributed by atoms with Gasteiger partial charge in [-0.1, -0.05) is 0 Å². The van der Waals surface area contributed by atoms with Crippen LogP contribution in [0.5, 0.6) is 0 Å². The first-order valence-corrected chi connectivity index (χ1v) is 7.59. The Morgan fingerprint density at radius 1 is 1.40 bits per heavy atom. The summed E-state index contributed by atoms with van der Waals surface area (Å²) >= 11 is 0. The molecule has 0 saturated heterocycles. The largest absolute Gasteiger partial charge is 0.383 e. The molecule has 0 aliphatic heterocycles. The van der Waals surface area contributed by atoms with E-state index in [1.165, 1.54) is 12.5 Å². The van der Waals surface area contributed by atoms with Crippen LogP contribution in [0.3, 0.4) is 0 Å². The fourth-order valence-corrected chi connectivity index (χ4v) is 3.02. The lowest BCUT2D eigenvalue weighted by atomic mass is 10.3. The molecule has 20 heavy (non-hydrogen) atoms. The molecule has 2 aromatic rings. The van der Waals surface area contributed by atoms with Crippen molar-refractivity contribution in [3.8, 4) is 0 Å². The third kappa shape index (κ3) is 3.11. The summed E-state index contributed by atoms with van der Waals surface area (Å²) in [5.74, 6) is 0.439. The number of aromatic nitrogens is 4. The molecule has 108 valence electrons. The van der Waals surface area contributed by atoms with Crippen LogP contribution in [-0.4, -0.2) is 35.1 Å². The monoisotopic (exact) mass is 296 g/mol. The average molecular weight is 296 g/mol. The number of rotatable bonds is 6. The molecule has 0 aliphatic rings. The number of anilines is 1. The third-order valence-corrected chi connectivity index (χ3v) is 4.07. The lowest BCUT2D eigenvalue weighted by Crippen LogP contribution is -2.29. The van der Waals surface area contributed by atoms with E-state index in [0.29, 0.717) is 18.1 Å². The quantitative estimate of drug-likeness (QED) is 0.722. The van der Waals surface area contributed by atoms with Crippen molar-refractivity contribution in [1.29, 1.82) is 0 Å². The number of hydrogen-bond donors (Lipinski definition) is 3. The van der Waals surface area contributed by atoms with Crippen molar-refractivity contribution in [2.45, 2.75) is 24.9 Å². The van der Waals surface area contributed by atoms with E-state index in [0.717, 1.165) is 0 Å². The van der Waals surface area contributed by atoms with Crippen molar-refractivity contribution in [2.24, 2.45) is 0 Å². The Bertz CT molecular complexity index is 655. The van der Waals surface area contributed by atoms with Crippen molar-refractivity contribution in [3.05, 3.63) is 30.5 Å². The molecule has 0 radical (unpaired) electrons. The first-order valence-electron chi connectivity index (χ1n) is 6.11. The number of nitrogens with zero attached hydrogens (tertiary/aromatic N) is 3. The second kappa shape index (κ2) is 5.97. The molecule has 3 N–H and O–H groups in total. The van der Waals surface area contributed by atoms with E-state index >= 15 is 0 Å². The van der Waals surface area contributed by atoms with Crippen LogP contribution in [0.15, 0.2) is 29.7 Å². The molecule has 0 bridgehead atoms. The molecule has 0 fully saturated rings. The lowest BCUT2D eigenvalue weighted by Gasteiger charge is -2.14. The van der Waals surface area contributed by atoms with E-state index in [1.807, 2.05) is 6.92 Å². The standard InChI is InChI=1S/C11H16N6O2S/c1-3-12-9-5-4-6-13-11(9)20(18,19)17-8(2)10-14-7-15-16-10/h4-8,12,17H,3H2,1-2H3,(H,14,15,16). The van der Waals surface area contributed by atoms with Gasteiger partial charge in [-0.05, 0) is 26.0 Å². The van der Waals surface area contributed by atoms with Gasteiger partial charge in [-0.3, -0.25) is 5.10 Å². The number of pyridine rings is 1. The van der Waals surface area contributed by atoms with Crippen LogP contribution in [0.4, 0.5) is 5.69 Å². The van der Waals surface area contributed by atoms with E-state index < -0.39 is 16.1 Å². The van der Waals surface area contributed by atoms with Crippen LogP contribution in [0.25, 0.3) is 0 Å². The van der Waals surface area contributed by atoms with Gasteiger partial charge in [0.15, 0.2) is 5.03 Å². The van der Waals surface area contributed by atoms with Crippen LogP contribution >= 0.6 is 0 Å². The Hall–Kier alpha value is -2.00. The Morgan fingerprint density at radius 3 is 2.85 bits per heavy atom. The van der Waals surface area contributed by atoms with E-state index in [-0.39, 0.29) is 5.03 Å². The second-order valence-electron chi connectivity index (χ2n) is 4.10. The van der Waals surface area contributed by atoms with Crippen molar-refractivity contribution in [3.63, 3.8) is 0 Å². The van der Waals surface area contributed by atoms with Crippen LogP contribution in [0, 0.1) is 0 Å². The minimum Gasteiger partial charge on any atom is -0.383 e. The highest BCUT2D eigenvalue weighted by Gasteiger charge is 2.23. The van der Waals surface area contributed by atoms with E-state index in [9.17, 15) is 8.42 Å². The van der Waals surface area contributed by atoms with Crippen LogP contribution < -0.4 is 10.0 Å². The maximum absolute atomic E-state index is 12.4. The zero-order valence-electron chi connectivity index (χ0n) is 11.2. The third-order valence-electron chi connectivity index (χ3n) is 2.57. The normalized spacial score (nSPS) is 13.1. The zero-order chi connectivity index (χ0) is 14.6. The fourth-order valence-electron chi connectivity index (χ4n) is 1.70. The van der Waals surface area contributed by atoms with Gasteiger partial charge in [-0.25, -0.2) is 18.4 Å². The minimum atomic E-state index is -3.75. The number of aromatic amines is 1. The van der Waals surface area contributed by atoms with Crippen molar-refractivity contribution in [1.82, 2.24) is 24.9 Å². The van der Waals surface area contributed by atoms with E-state index in [2.05, 4.69) is 30.2 Å². The number of hydrogen-bond acceptors (Lipinski definition) is 6. The summed E-state index contributed by atoms with van der Waals surface area (Å²) in [6.07, 6.45) is 2.76. The molecule has 2 heterocycles. The van der Waals surface area contributed by atoms with E-state index in [4.69, 9.17) is 0 Å². The SMILES string of the molecule is CCNc1cccnc1S(=O)(=O)NC(C)c1ncn[nH]1. The molecule has 1 atom stereocenters. The predicted octanol–water partition coefficient (Wildman–Crippen LogP) is 0.671. The van der Waals surface area contributed by atoms with Gasteiger partial charge in [0.05, 0.1) is 11.7 Å². The molecular formula is C11H16N6O2S. The van der Waals surface area contributed by atoms with Gasteiger partial charge in [0.25, 0.3) is 10.0 Å². The van der Waals surface area contributed by atoms with Crippen LogP contribution in [0.2, 0.25) is 0 Å². The molecule has 0 spiro atoms. The van der Waals surface area contributed by atoms with Gasteiger partial charge in [0.2, 0.25) is 0 Å². The van der Waals surface area contributed by atoms with Gasteiger partial charge in [0.1, 0.15) is 12.2 Å². The molecule has 2 rings (SSSR count). The Morgan fingerprint density at radius 2 is 2.20 bits per heavy atom. The number of H-pyrrole nitrogens is 1. The fraction of sp³-hybridized carbons (Fsp3) is 0.364.